The Morgan fingerprint density at radius 3 is 1.82 bits per heavy atom. The highest BCUT2D eigenvalue weighted by Crippen LogP contribution is 2.24. The Labute approximate surface area is 134 Å². The van der Waals surface area contributed by atoms with Crippen LogP contribution >= 0.6 is 7.82 Å². The van der Waals surface area contributed by atoms with Crippen molar-refractivity contribution in [2.45, 2.75) is 53.4 Å². The molecule has 0 aliphatic heterocycles. The van der Waals surface area contributed by atoms with Crippen LogP contribution in [0.15, 0.2) is 34.9 Å². The Hall–Kier alpha value is -0.750. The molecule has 0 aromatic rings. The number of hydrogen-bond donors (Lipinski definition) is 2. The molecular weight excluding hydrogens is 303 g/mol. The lowest BCUT2D eigenvalue weighted by Crippen LogP contribution is -2.16. The largest absolute Gasteiger partial charge is 0.790 e. The molecular formula is C15H33N2O4P. The summed E-state index contributed by atoms with van der Waals surface area (Å²) in [7, 11) is -4.85. The average Bonchev–Trinajstić information content (AvgIpc) is 2.26. The Morgan fingerprint density at radius 1 is 0.909 bits per heavy atom. The molecule has 0 radical (unpaired) electrons. The molecule has 0 bridgehead atoms. The quantitative estimate of drug-likeness (QED) is 0.483. The highest BCUT2D eigenvalue weighted by atomic mass is 31.2. The monoisotopic (exact) mass is 336 g/mol. The van der Waals surface area contributed by atoms with Crippen molar-refractivity contribution in [3.63, 3.8) is 0 Å². The van der Waals surface area contributed by atoms with E-state index in [2.05, 4.69) is 37.4 Å². The predicted octanol–water partition coefficient (Wildman–Crippen LogP) is 4.00. The van der Waals surface area contributed by atoms with E-state index >= 15 is 0 Å². The normalized spacial score (nSPS) is 12.3. The fraction of sp³-hybridized carbons (Fsp3) is 0.600. The van der Waals surface area contributed by atoms with Gasteiger partial charge >= 0.3 is 0 Å². The summed E-state index contributed by atoms with van der Waals surface area (Å²) in [5, 5.41) is 0. The van der Waals surface area contributed by atoms with Crippen LogP contribution in [-0.2, 0) is 9.09 Å². The number of rotatable bonds is 9. The molecule has 0 spiro atoms. The minimum atomic E-state index is -4.85. The van der Waals surface area contributed by atoms with Crippen LogP contribution in [0.25, 0.3) is 0 Å². The molecule has 0 saturated heterocycles. The molecule has 22 heavy (non-hydrogen) atoms. The van der Waals surface area contributed by atoms with Crippen molar-refractivity contribution >= 4 is 7.82 Å². The average molecular weight is 336 g/mol. The third-order valence-corrected chi connectivity index (χ3v) is 3.25. The summed E-state index contributed by atoms with van der Waals surface area (Å²) in [6.07, 6.45) is 9.94. The molecule has 0 aromatic heterocycles. The van der Waals surface area contributed by atoms with Crippen molar-refractivity contribution in [2.24, 2.45) is 0 Å². The van der Waals surface area contributed by atoms with Gasteiger partial charge in [0.25, 0.3) is 0 Å². The van der Waals surface area contributed by atoms with Crippen LogP contribution in [0.1, 0.15) is 53.4 Å². The third kappa shape index (κ3) is 19.2. The second-order valence-corrected chi connectivity index (χ2v) is 6.36. The molecule has 0 aliphatic carbocycles. The summed E-state index contributed by atoms with van der Waals surface area (Å²) >= 11 is 0. The van der Waals surface area contributed by atoms with Crippen LogP contribution in [0.2, 0.25) is 0 Å². The first kappa shape index (κ1) is 26.2. The molecule has 0 unspecified atom stereocenters. The van der Waals surface area contributed by atoms with E-state index in [0.29, 0.717) is 0 Å². The lowest BCUT2D eigenvalue weighted by molar-refractivity contribution is -0.340. The van der Waals surface area contributed by atoms with Crippen LogP contribution in [0.4, 0.5) is 0 Å². The van der Waals surface area contributed by atoms with Gasteiger partial charge in [-0.2, -0.15) is 0 Å². The number of hydrogen-bond acceptors (Lipinski definition) is 4. The third-order valence-electron chi connectivity index (χ3n) is 2.79. The number of phosphoric acid groups is 1. The summed E-state index contributed by atoms with van der Waals surface area (Å²) in [6.45, 7) is 8.04. The van der Waals surface area contributed by atoms with Gasteiger partial charge in [0.2, 0.25) is 0 Å². The van der Waals surface area contributed by atoms with Crippen molar-refractivity contribution in [3.05, 3.63) is 34.9 Å². The predicted molar refractivity (Wildman–Crippen MR) is 90.9 cm³/mol. The van der Waals surface area contributed by atoms with Crippen LogP contribution in [0, 0.1) is 0 Å². The first-order valence-corrected chi connectivity index (χ1v) is 8.28. The summed E-state index contributed by atoms with van der Waals surface area (Å²) in [5.74, 6) is 0. The Kier molecular flexibility index (Phi) is 16.5. The molecule has 0 fully saturated rings. The van der Waals surface area contributed by atoms with E-state index in [0.717, 1.165) is 31.3 Å². The lowest BCUT2D eigenvalue weighted by Gasteiger charge is -2.27. The van der Waals surface area contributed by atoms with E-state index in [-0.39, 0.29) is 18.9 Å². The highest BCUT2D eigenvalue weighted by Gasteiger charge is 1.93. The van der Waals surface area contributed by atoms with Gasteiger partial charge < -0.3 is 31.2 Å². The van der Waals surface area contributed by atoms with Gasteiger partial charge in [-0.25, -0.2) is 0 Å². The van der Waals surface area contributed by atoms with Gasteiger partial charge in [-0.1, -0.05) is 34.9 Å². The smallest absolute Gasteiger partial charge is 0.0702 e. The molecule has 0 rings (SSSR count). The second kappa shape index (κ2) is 13.9. The molecule has 0 heterocycles. The maximum Gasteiger partial charge on any atom is 0.0702 e. The van der Waals surface area contributed by atoms with E-state index in [1.165, 1.54) is 11.1 Å². The Morgan fingerprint density at radius 2 is 1.36 bits per heavy atom. The number of phosphoric ester groups is 1. The van der Waals surface area contributed by atoms with Crippen molar-refractivity contribution in [3.8, 4) is 0 Å². The summed E-state index contributed by atoms with van der Waals surface area (Å²) in [4.78, 5) is 20.5. The molecule has 7 heteroatoms. The summed E-state index contributed by atoms with van der Waals surface area (Å²) in [6, 6.07) is 0. The van der Waals surface area contributed by atoms with Crippen LogP contribution in [0.3, 0.4) is 0 Å². The van der Waals surface area contributed by atoms with Gasteiger partial charge in [0, 0.05) is 0 Å². The van der Waals surface area contributed by atoms with Gasteiger partial charge in [-0.15, -0.1) is 0 Å². The second-order valence-electron chi connectivity index (χ2n) is 5.20. The highest BCUT2D eigenvalue weighted by molar-refractivity contribution is 7.43. The fourth-order valence-corrected chi connectivity index (χ4v) is 1.87. The zero-order chi connectivity index (χ0) is 15.6. The first-order valence-electron chi connectivity index (χ1n) is 6.82. The summed E-state index contributed by atoms with van der Waals surface area (Å²) < 4.78 is 14.4. The lowest BCUT2D eigenvalue weighted by atomic mass is 10.1. The molecule has 0 amide bonds. The van der Waals surface area contributed by atoms with Crippen LogP contribution < -0.4 is 22.1 Å². The maximum atomic E-state index is 10.3. The molecule has 0 saturated carbocycles. The molecule has 6 nitrogen and oxygen atoms in total. The minimum Gasteiger partial charge on any atom is -0.790 e. The maximum absolute atomic E-state index is 10.3. The summed E-state index contributed by atoms with van der Waals surface area (Å²) in [5.41, 5.74) is 3.72. The molecule has 0 aromatic carbocycles. The van der Waals surface area contributed by atoms with Crippen molar-refractivity contribution in [1.29, 1.82) is 0 Å². The van der Waals surface area contributed by atoms with Crippen LogP contribution in [-0.4, -0.2) is 6.61 Å². The van der Waals surface area contributed by atoms with E-state index in [1.54, 1.807) is 6.08 Å². The Bertz CT molecular complexity index is 421. The molecule has 8 N–H and O–H groups in total. The van der Waals surface area contributed by atoms with Gasteiger partial charge in [0.15, 0.2) is 0 Å². The molecule has 0 aliphatic rings. The van der Waals surface area contributed by atoms with E-state index < -0.39 is 7.82 Å². The van der Waals surface area contributed by atoms with Crippen molar-refractivity contribution in [2.75, 3.05) is 6.61 Å². The van der Waals surface area contributed by atoms with Gasteiger partial charge in [0.1, 0.15) is 0 Å². The zero-order valence-electron chi connectivity index (χ0n) is 14.8. The van der Waals surface area contributed by atoms with E-state index in [4.69, 9.17) is 0 Å². The fourth-order valence-electron chi connectivity index (χ4n) is 1.61. The van der Waals surface area contributed by atoms with E-state index in [1.807, 2.05) is 6.92 Å². The number of quaternary nitrogens is 2. The molecule has 132 valence electrons. The van der Waals surface area contributed by atoms with Gasteiger partial charge in [-0.3, -0.25) is 0 Å². The minimum absolute atomic E-state index is 0. The van der Waals surface area contributed by atoms with Crippen molar-refractivity contribution < 1.29 is 18.9 Å². The van der Waals surface area contributed by atoms with Crippen LogP contribution in [0.5, 0.6) is 0 Å². The topological polar surface area (TPSA) is 145 Å². The standard InChI is InChI=1S/C15H27O4P.2H3N/c1-13(2)7-5-8-14(3)9-6-10-15(4)11-12-19-20(16,17)18;;/h7,9,11H,5-6,8,10,12H2,1-4H3,(H2,16,17,18);2*1H3/b14-9+,15-11+;;. The number of allylic oxidation sites excluding steroid dienone is 5. The van der Waals surface area contributed by atoms with Gasteiger partial charge in [-0.05, 0) is 53.4 Å². The Balaban J connectivity index is -0.00000180. The first-order chi connectivity index (χ1) is 9.20. The zero-order valence-corrected chi connectivity index (χ0v) is 15.7. The van der Waals surface area contributed by atoms with E-state index in [9.17, 15) is 14.4 Å². The van der Waals surface area contributed by atoms with Crippen molar-refractivity contribution in [1.82, 2.24) is 12.3 Å². The van der Waals surface area contributed by atoms with Gasteiger partial charge in [0.05, 0.1) is 14.4 Å². The SMILES string of the molecule is CC(C)=CCC/C(C)=C/CC/C(C)=C/COP(=O)([O-])[O-].[NH4+].[NH4+]. The molecule has 0 atom stereocenters.